The third-order valence-corrected chi connectivity index (χ3v) is 5.17. The number of thiol groups is 1. The molecule has 1 N–H and O–H groups in total. The number of ether oxygens (including phenoxy) is 2. The van der Waals surface area contributed by atoms with Gasteiger partial charge in [0.05, 0.1) is 20.3 Å². The van der Waals surface area contributed by atoms with Gasteiger partial charge in [0.2, 0.25) is 0 Å². The van der Waals surface area contributed by atoms with Gasteiger partial charge in [-0.05, 0) is 47.9 Å². The summed E-state index contributed by atoms with van der Waals surface area (Å²) in [6.45, 7) is 7.23. The fourth-order valence-corrected chi connectivity index (χ4v) is 3.84. The summed E-state index contributed by atoms with van der Waals surface area (Å²) in [5, 5.41) is 10.3. The van der Waals surface area contributed by atoms with Crippen molar-refractivity contribution in [3.05, 3.63) is 23.3 Å². The maximum atomic E-state index is 10.3. The van der Waals surface area contributed by atoms with E-state index in [1.54, 1.807) is 14.2 Å². The molecule has 0 aromatic heterocycles. The van der Waals surface area contributed by atoms with Gasteiger partial charge in [-0.2, -0.15) is 12.6 Å². The smallest absolute Gasteiger partial charge is 0.161 e. The standard InChI is InChI=1S/C19H31NO3S/c1-13(2)7-16(17(21)12-24)11-20-6-5-14-8-18(22-3)19(23-4)9-15(14)10-20/h8-9,13,16-17,21,24H,5-7,10-12H2,1-4H3. The van der Waals surface area contributed by atoms with Crippen LogP contribution in [-0.2, 0) is 13.0 Å². The van der Waals surface area contributed by atoms with Crippen LogP contribution in [0.5, 0.6) is 11.5 Å². The first-order chi connectivity index (χ1) is 11.5. The first kappa shape index (κ1) is 19.4. The predicted molar refractivity (Wildman–Crippen MR) is 101 cm³/mol. The third kappa shape index (κ3) is 4.80. The average Bonchev–Trinajstić information content (AvgIpc) is 2.58. The number of hydrogen-bond donors (Lipinski definition) is 2. The normalized spacial score (nSPS) is 17.5. The van der Waals surface area contributed by atoms with Crippen LogP contribution in [-0.4, -0.2) is 49.2 Å². The van der Waals surface area contributed by atoms with Crippen molar-refractivity contribution in [2.24, 2.45) is 11.8 Å². The summed E-state index contributed by atoms with van der Waals surface area (Å²) in [7, 11) is 3.35. The van der Waals surface area contributed by atoms with Crippen LogP contribution in [0, 0.1) is 11.8 Å². The zero-order valence-electron chi connectivity index (χ0n) is 15.3. The van der Waals surface area contributed by atoms with Crippen LogP contribution in [0.2, 0.25) is 0 Å². The second kappa shape index (κ2) is 8.97. The minimum atomic E-state index is -0.345. The Morgan fingerprint density at radius 3 is 2.33 bits per heavy atom. The summed E-state index contributed by atoms with van der Waals surface area (Å²) >= 11 is 4.29. The number of methoxy groups -OCH3 is 2. The van der Waals surface area contributed by atoms with Crippen LogP contribution in [0.1, 0.15) is 31.4 Å². The van der Waals surface area contributed by atoms with Crippen molar-refractivity contribution in [1.82, 2.24) is 4.90 Å². The van der Waals surface area contributed by atoms with Gasteiger partial charge in [0.15, 0.2) is 11.5 Å². The van der Waals surface area contributed by atoms with Gasteiger partial charge < -0.3 is 14.6 Å². The lowest BCUT2D eigenvalue weighted by Gasteiger charge is -2.34. The minimum absolute atomic E-state index is 0.268. The minimum Gasteiger partial charge on any atom is -0.493 e. The quantitative estimate of drug-likeness (QED) is 0.705. The highest BCUT2D eigenvalue weighted by Gasteiger charge is 2.25. The van der Waals surface area contributed by atoms with E-state index in [1.807, 2.05) is 0 Å². The van der Waals surface area contributed by atoms with Crippen molar-refractivity contribution in [1.29, 1.82) is 0 Å². The van der Waals surface area contributed by atoms with Crippen molar-refractivity contribution in [3.63, 3.8) is 0 Å². The molecule has 2 unspecified atom stereocenters. The Bertz CT molecular complexity index is 536. The van der Waals surface area contributed by atoms with Crippen molar-refractivity contribution in [2.45, 2.75) is 39.3 Å². The van der Waals surface area contributed by atoms with E-state index < -0.39 is 0 Å². The third-order valence-electron chi connectivity index (χ3n) is 4.80. The van der Waals surface area contributed by atoms with Crippen LogP contribution >= 0.6 is 12.6 Å². The Hall–Kier alpha value is -0.910. The van der Waals surface area contributed by atoms with E-state index in [2.05, 4.69) is 43.5 Å². The van der Waals surface area contributed by atoms with Gasteiger partial charge in [-0.15, -0.1) is 0 Å². The SMILES string of the molecule is COc1cc2c(cc1OC)CN(CC(CC(C)C)C(O)CS)CC2. The largest absolute Gasteiger partial charge is 0.493 e. The summed E-state index contributed by atoms with van der Waals surface area (Å²) in [6.07, 6.45) is 1.68. The van der Waals surface area contributed by atoms with Gasteiger partial charge in [-0.1, -0.05) is 13.8 Å². The van der Waals surface area contributed by atoms with E-state index in [-0.39, 0.29) is 12.0 Å². The van der Waals surface area contributed by atoms with Crippen LogP contribution in [0.3, 0.4) is 0 Å². The number of benzene rings is 1. The molecule has 24 heavy (non-hydrogen) atoms. The summed E-state index contributed by atoms with van der Waals surface area (Å²) in [5.41, 5.74) is 2.63. The molecule has 0 fully saturated rings. The summed E-state index contributed by atoms with van der Waals surface area (Å²) in [4.78, 5) is 2.44. The Balaban J connectivity index is 2.10. The van der Waals surface area contributed by atoms with Gasteiger partial charge in [0.25, 0.3) is 0 Å². The molecule has 0 amide bonds. The van der Waals surface area contributed by atoms with Crippen LogP contribution in [0.4, 0.5) is 0 Å². The monoisotopic (exact) mass is 353 g/mol. The molecule has 1 aliphatic rings. The first-order valence-corrected chi connectivity index (χ1v) is 9.36. The van der Waals surface area contributed by atoms with Crippen LogP contribution < -0.4 is 9.47 Å². The number of fused-ring (bicyclic) bond motifs is 1. The molecule has 1 aromatic carbocycles. The Kier molecular flexibility index (Phi) is 7.26. The molecule has 1 aromatic rings. The molecule has 0 radical (unpaired) electrons. The molecule has 0 saturated heterocycles. The maximum Gasteiger partial charge on any atom is 0.161 e. The summed E-state index contributed by atoms with van der Waals surface area (Å²) < 4.78 is 10.8. The number of rotatable bonds is 8. The van der Waals surface area contributed by atoms with Crippen molar-refractivity contribution >= 4 is 12.6 Å². The van der Waals surface area contributed by atoms with Crippen molar-refractivity contribution in [3.8, 4) is 11.5 Å². The first-order valence-electron chi connectivity index (χ1n) is 8.73. The number of nitrogens with zero attached hydrogens (tertiary/aromatic N) is 1. The van der Waals surface area contributed by atoms with E-state index in [0.717, 1.165) is 44.0 Å². The molecule has 1 aliphatic heterocycles. The molecule has 4 nitrogen and oxygen atoms in total. The molecular weight excluding hydrogens is 322 g/mol. The van der Waals surface area contributed by atoms with E-state index in [0.29, 0.717) is 11.7 Å². The maximum absolute atomic E-state index is 10.3. The number of aliphatic hydroxyl groups is 1. The fraction of sp³-hybridized carbons (Fsp3) is 0.684. The zero-order chi connectivity index (χ0) is 17.7. The van der Waals surface area contributed by atoms with E-state index >= 15 is 0 Å². The van der Waals surface area contributed by atoms with Crippen molar-refractivity contribution < 1.29 is 14.6 Å². The van der Waals surface area contributed by atoms with Gasteiger partial charge in [0, 0.05) is 25.4 Å². The van der Waals surface area contributed by atoms with E-state index in [1.165, 1.54) is 11.1 Å². The lowest BCUT2D eigenvalue weighted by atomic mass is 9.91. The van der Waals surface area contributed by atoms with Crippen molar-refractivity contribution in [2.75, 3.05) is 33.1 Å². The highest BCUT2D eigenvalue weighted by molar-refractivity contribution is 7.80. The lowest BCUT2D eigenvalue weighted by Crippen LogP contribution is -2.39. The zero-order valence-corrected chi connectivity index (χ0v) is 16.2. The highest BCUT2D eigenvalue weighted by atomic mass is 32.1. The molecule has 2 rings (SSSR count). The fourth-order valence-electron chi connectivity index (χ4n) is 3.54. The van der Waals surface area contributed by atoms with Gasteiger partial charge in [-0.25, -0.2) is 0 Å². The summed E-state index contributed by atoms with van der Waals surface area (Å²) in [6, 6.07) is 4.19. The van der Waals surface area contributed by atoms with Gasteiger partial charge in [0.1, 0.15) is 0 Å². The average molecular weight is 354 g/mol. The highest BCUT2D eigenvalue weighted by Crippen LogP contribution is 2.33. The van der Waals surface area contributed by atoms with Gasteiger partial charge in [-0.3, -0.25) is 4.90 Å². The predicted octanol–water partition coefficient (Wildman–Crippen LogP) is 3.01. The Labute approximate surface area is 151 Å². The molecule has 136 valence electrons. The van der Waals surface area contributed by atoms with E-state index in [9.17, 15) is 5.11 Å². The van der Waals surface area contributed by atoms with Crippen LogP contribution in [0.25, 0.3) is 0 Å². The molecule has 0 saturated carbocycles. The van der Waals surface area contributed by atoms with E-state index in [4.69, 9.17) is 9.47 Å². The van der Waals surface area contributed by atoms with Crippen LogP contribution in [0.15, 0.2) is 12.1 Å². The Morgan fingerprint density at radius 1 is 1.17 bits per heavy atom. The molecule has 1 heterocycles. The molecular formula is C19H31NO3S. The van der Waals surface area contributed by atoms with Gasteiger partial charge >= 0.3 is 0 Å². The molecule has 2 atom stereocenters. The topological polar surface area (TPSA) is 41.9 Å². The second-order valence-electron chi connectivity index (χ2n) is 7.10. The Morgan fingerprint density at radius 2 is 1.79 bits per heavy atom. The summed E-state index contributed by atoms with van der Waals surface area (Å²) in [5.74, 6) is 2.95. The number of aliphatic hydroxyl groups excluding tert-OH is 1. The molecule has 0 bridgehead atoms. The number of hydrogen-bond acceptors (Lipinski definition) is 5. The lowest BCUT2D eigenvalue weighted by molar-refractivity contribution is 0.0795. The molecule has 0 spiro atoms. The second-order valence-corrected chi connectivity index (χ2v) is 7.47. The molecule has 0 aliphatic carbocycles. The molecule has 5 heteroatoms.